The lowest BCUT2D eigenvalue weighted by Crippen LogP contribution is -2.41. The van der Waals surface area contributed by atoms with Gasteiger partial charge in [-0.15, -0.1) is 11.3 Å². The highest BCUT2D eigenvalue weighted by molar-refractivity contribution is 7.12. The number of nitrogens with zero attached hydrogens (tertiary/aromatic N) is 1. The Labute approximate surface area is 147 Å². The summed E-state index contributed by atoms with van der Waals surface area (Å²) in [5.41, 5.74) is 0.104. The summed E-state index contributed by atoms with van der Waals surface area (Å²) in [7, 11) is 0. The molecular formula is C19H26N2O2S. The fourth-order valence-electron chi connectivity index (χ4n) is 5.44. The molecular weight excluding hydrogens is 320 g/mol. The number of likely N-dealkylation sites (tertiary alicyclic amines) is 1. The third kappa shape index (κ3) is 2.44. The molecule has 0 radical (unpaired) electrons. The highest BCUT2D eigenvalue weighted by atomic mass is 32.1. The summed E-state index contributed by atoms with van der Waals surface area (Å²) in [6, 6.07) is 3.83. The van der Waals surface area contributed by atoms with E-state index in [4.69, 9.17) is 4.74 Å². The molecule has 4 fully saturated rings. The van der Waals surface area contributed by atoms with Crippen molar-refractivity contribution in [3.63, 3.8) is 0 Å². The zero-order chi connectivity index (χ0) is 16.1. The van der Waals surface area contributed by atoms with Crippen LogP contribution >= 0.6 is 11.3 Å². The van der Waals surface area contributed by atoms with Crippen molar-refractivity contribution in [3.8, 4) is 0 Å². The van der Waals surface area contributed by atoms with E-state index in [0.717, 1.165) is 23.9 Å². The van der Waals surface area contributed by atoms with Gasteiger partial charge in [-0.3, -0.25) is 9.69 Å². The number of hydrogen-bond acceptors (Lipinski definition) is 4. The van der Waals surface area contributed by atoms with Gasteiger partial charge in [0.15, 0.2) is 0 Å². The van der Waals surface area contributed by atoms with E-state index in [1.807, 2.05) is 17.5 Å². The molecule has 3 aliphatic heterocycles. The van der Waals surface area contributed by atoms with Gasteiger partial charge in [0.2, 0.25) is 0 Å². The minimum Gasteiger partial charge on any atom is -0.370 e. The Hall–Kier alpha value is -0.910. The molecule has 1 aromatic rings. The van der Waals surface area contributed by atoms with Crippen LogP contribution in [0.2, 0.25) is 0 Å². The lowest BCUT2D eigenvalue weighted by molar-refractivity contribution is 0.000543. The summed E-state index contributed by atoms with van der Waals surface area (Å²) in [6.45, 7) is 4.33. The van der Waals surface area contributed by atoms with Crippen LogP contribution in [0.5, 0.6) is 0 Å². The molecule has 4 aliphatic rings. The Morgan fingerprint density at radius 3 is 3.08 bits per heavy atom. The zero-order valence-electron chi connectivity index (χ0n) is 14.1. The molecule has 1 aliphatic carbocycles. The summed E-state index contributed by atoms with van der Waals surface area (Å²) in [5.74, 6) is 2.11. The predicted octanol–water partition coefficient (Wildman–Crippen LogP) is 2.76. The molecule has 1 saturated carbocycles. The van der Waals surface area contributed by atoms with Crippen LogP contribution in [0.3, 0.4) is 0 Å². The molecule has 4 heterocycles. The van der Waals surface area contributed by atoms with E-state index in [2.05, 4.69) is 10.2 Å². The first kappa shape index (κ1) is 15.4. The normalized spacial score (nSPS) is 38.2. The summed E-state index contributed by atoms with van der Waals surface area (Å²) >= 11 is 1.51. The van der Waals surface area contributed by atoms with Crippen molar-refractivity contribution in [1.29, 1.82) is 0 Å². The quantitative estimate of drug-likeness (QED) is 0.891. The van der Waals surface area contributed by atoms with Crippen molar-refractivity contribution in [1.82, 2.24) is 10.2 Å². The van der Waals surface area contributed by atoms with E-state index in [9.17, 15) is 4.79 Å². The number of carbonyl (C=O) groups excluding carboxylic acids is 1. The van der Waals surface area contributed by atoms with E-state index >= 15 is 0 Å². The molecule has 0 aromatic carbocycles. The maximum absolute atomic E-state index is 12.3. The van der Waals surface area contributed by atoms with E-state index in [1.54, 1.807) is 0 Å². The smallest absolute Gasteiger partial charge is 0.261 e. The predicted molar refractivity (Wildman–Crippen MR) is 94.3 cm³/mol. The van der Waals surface area contributed by atoms with Crippen LogP contribution in [0.4, 0.5) is 0 Å². The maximum atomic E-state index is 12.3. The Morgan fingerprint density at radius 1 is 1.42 bits per heavy atom. The number of carbonyl (C=O) groups is 1. The van der Waals surface area contributed by atoms with Gasteiger partial charge < -0.3 is 10.1 Å². The fourth-order valence-corrected chi connectivity index (χ4v) is 6.08. The van der Waals surface area contributed by atoms with Gasteiger partial charge in [-0.2, -0.15) is 0 Å². The topological polar surface area (TPSA) is 41.6 Å². The Morgan fingerprint density at radius 2 is 2.33 bits per heavy atom. The van der Waals surface area contributed by atoms with E-state index < -0.39 is 0 Å². The summed E-state index contributed by atoms with van der Waals surface area (Å²) in [4.78, 5) is 15.7. The number of rotatable bonds is 5. The average Bonchev–Trinajstić information content (AvgIpc) is 3.27. The number of hydrogen-bond donors (Lipinski definition) is 1. The van der Waals surface area contributed by atoms with Crippen LogP contribution < -0.4 is 5.32 Å². The molecule has 5 rings (SSSR count). The van der Waals surface area contributed by atoms with Crippen LogP contribution in [0, 0.1) is 17.8 Å². The summed E-state index contributed by atoms with van der Waals surface area (Å²) in [5, 5.41) is 5.13. The van der Waals surface area contributed by atoms with Gasteiger partial charge in [0, 0.05) is 38.0 Å². The van der Waals surface area contributed by atoms with Crippen LogP contribution in [-0.2, 0) is 4.74 Å². The molecule has 4 atom stereocenters. The molecule has 130 valence electrons. The van der Waals surface area contributed by atoms with Gasteiger partial charge in [-0.25, -0.2) is 0 Å². The first-order valence-corrected chi connectivity index (χ1v) is 10.3. The second-order valence-corrected chi connectivity index (χ2v) is 9.16. The molecule has 1 spiro atoms. The van der Waals surface area contributed by atoms with E-state index in [-0.39, 0.29) is 11.5 Å². The average molecular weight is 346 g/mol. The van der Waals surface area contributed by atoms with E-state index in [1.165, 1.54) is 56.5 Å². The second-order valence-electron chi connectivity index (χ2n) is 8.21. The van der Waals surface area contributed by atoms with E-state index in [0.29, 0.717) is 17.9 Å². The molecule has 1 N–H and O–H groups in total. The number of nitrogens with one attached hydrogen (secondary N) is 1. The van der Waals surface area contributed by atoms with Crippen LogP contribution in [0.1, 0.15) is 41.8 Å². The first-order chi connectivity index (χ1) is 11.7. The van der Waals surface area contributed by atoms with Gasteiger partial charge in [0.1, 0.15) is 0 Å². The molecule has 0 unspecified atom stereocenters. The van der Waals surface area contributed by atoms with Gasteiger partial charge in [0.25, 0.3) is 5.91 Å². The molecule has 1 amide bonds. The SMILES string of the molecule is O=C(NC[C@H]1[C@H]2CN(CC3CCC3)C[C@]23CC[C@H]1O3)c1cccs1. The van der Waals surface area contributed by atoms with Crippen LogP contribution in [-0.4, -0.2) is 48.7 Å². The van der Waals surface area contributed by atoms with Crippen molar-refractivity contribution in [3.05, 3.63) is 22.4 Å². The van der Waals surface area contributed by atoms with Crippen molar-refractivity contribution >= 4 is 17.2 Å². The summed E-state index contributed by atoms with van der Waals surface area (Å²) < 4.78 is 6.49. The van der Waals surface area contributed by atoms with Crippen LogP contribution in [0.25, 0.3) is 0 Å². The Kier molecular flexibility index (Phi) is 3.72. The molecule has 24 heavy (non-hydrogen) atoms. The molecule has 4 nitrogen and oxygen atoms in total. The third-order valence-electron chi connectivity index (χ3n) is 6.84. The lowest BCUT2D eigenvalue weighted by atomic mass is 9.73. The Bertz CT molecular complexity index is 615. The third-order valence-corrected chi connectivity index (χ3v) is 7.71. The minimum absolute atomic E-state index is 0.0751. The van der Waals surface area contributed by atoms with Gasteiger partial charge in [0.05, 0.1) is 16.6 Å². The maximum Gasteiger partial charge on any atom is 0.261 e. The highest BCUT2D eigenvalue weighted by Gasteiger charge is 2.62. The standard InChI is InChI=1S/C19H26N2O2S/c22-18(17-5-2-8-24-17)20-9-14-15-11-21(10-13-3-1-4-13)12-19(15)7-6-16(14)23-19/h2,5,8,13-16H,1,3-4,6-7,9-12H2,(H,20,22)/t14-,15+,16+,19+/m0/s1. The first-order valence-electron chi connectivity index (χ1n) is 9.45. The van der Waals surface area contributed by atoms with Crippen LogP contribution in [0.15, 0.2) is 17.5 Å². The van der Waals surface area contributed by atoms with Crippen molar-refractivity contribution in [2.45, 2.75) is 43.8 Å². The number of ether oxygens (including phenoxy) is 1. The van der Waals surface area contributed by atoms with Crippen molar-refractivity contribution in [2.75, 3.05) is 26.2 Å². The fraction of sp³-hybridized carbons (Fsp3) is 0.737. The molecule has 3 saturated heterocycles. The monoisotopic (exact) mass is 346 g/mol. The summed E-state index contributed by atoms with van der Waals surface area (Å²) in [6.07, 6.45) is 7.01. The zero-order valence-corrected chi connectivity index (χ0v) is 14.9. The Balaban J connectivity index is 1.23. The van der Waals surface area contributed by atoms with Gasteiger partial charge in [-0.1, -0.05) is 12.5 Å². The van der Waals surface area contributed by atoms with Gasteiger partial charge in [-0.05, 0) is 43.0 Å². The van der Waals surface area contributed by atoms with Crippen molar-refractivity contribution in [2.24, 2.45) is 17.8 Å². The number of fused-ring (bicyclic) bond motifs is 1. The van der Waals surface area contributed by atoms with Gasteiger partial charge >= 0.3 is 0 Å². The minimum atomic E-state index is 0.0751. The second kappa shape index (κ2) is 5.82. The van der Waals surface area contributed by atoms with Crippen molar-refractivity contribution < 1.29 is 9.53 Å². The lowest BCUT2D eigenvalue weighted by Gasteiger charge is -2.31. The number of thiophene rings is 1. The highest BCUT2D eigenvalue weighted by Crippen LogP contribution is 2.54. The largest absolute Gasteiger partial charge is 0.370 e. The molecule has 2 bridgehead atoms. The molecule has 5 heteroatoms. The molecule has 1 aromatic heterocycles. The number of amides is 1.